The van der Waals surface area contributed by atoms with E-state index < -0.39 is 5.79 Å². The number of fused-ring (bicyclic) bond motifs is 3. The molecule has 2 saturated heterocycles. The molecule has 0 radical (unpaired) electrons. The van der Waals surface area contributed by atoms with Crippen LogP contribution in [0.2, 0.25) is 0 Å². The van der Waals surface area contributed by atoms with Crippen LogP contribution in [0, 0.1) is 22.7 Å². The molecule has 0 aromatic heterocycles. The Morgan fingerprint density at radius 2 is 1.81 bits per heavy atom. The Morgan fingerprint density at radius 3 is 2.59 bits per heavy atom. The normalized spacial score (nSPS) is 51.7. The number of rotatable bonds is 0. The standard InChI is InChI=1S/C23H32O4/c1-19(2)13-25-22(26-14-19)10-11-23-17-7-8-20(3)16(4-5-18(20)24)15(17)6-9-21(23,12-22)27-23/h7,15-16H,4-6,8-14H2,1-3H3/t15-,16-,20+,21+,23+/m0/s1. The molecule has 0 N–H and O–H groups in total. The summed E-state index contributed by atoms with van der Waals surface area (Å²) in [6, 6.07) is 0. The molecule has 6 rings (SSSR count). The average molecular weight is 373 g/mol. The zero-order chi connectivity index (χ0) is 18.7. The molecule has 1 spiro atoms. The quantitative estimate of drug-likeness (QED) is 0.473. The van der Waals surface area contributed by atoms with Gasteiger partial charge in [-0.1, -0.05) is 26.8 Å². The second kappa shape index (κ2) is 4.88. The molecule has 27 heavy (non-hydrogen) atoms. The molecule has 2 heterocycles. The first-order valence-electron chi connectivity index (χ1n) is 11.0. The van der Waals surface area contributed by atoms with Crippen molar-refractivity contribution in [1.82, 2.24) is 0 Å². The van der Waals surface area contributed by atoms with E-state index in [0.717, 1.165) is 64.6 Å². The minimum Gasteiger partial charge on any atom is -0.358 e. The summed E-state index contributed by atoms with van der Waals surface area (Å²) in [4.78, 5) is 12.5. The van der Waals surface area contributed by atoms with Gasteiger partial charge in [0.25, 0.3) is 0 Å². The number of hydrogen-bond donors (Lipinski definition) is 0. The van der Waals surface area contributed by atoms with E-state index in [1.807, 2.05) is 0 Å². The van der Waals surface area contributed by atoms with Crippen LogP contribution in [0.1, 0.15) is 72.1 Å². The van der Waals surface area contributed by atoms with Crippen LogP contribution in [0.25, 0.3) is 0 Å². The number of carbonyl (C=O) groups excluding carboxylic acids is 1. The molecular formula is C23H32O4. The lowest BCUT2D eigenvalue weighted by Crippen LogP contribution is -2.56. The van der Waals surface area contributed by atoms with Crippen molar-refractivity contribution in [2.45, 2.75) is 89.1 Å². The van der Waals surface area contributed by atoms with Gasteiger partial charge in [0.15, 0.2) is 5.79 Å². The predicted molar refractivity (Wildman–Crippen MR) is 100 cm³/mol. The summed E-state index contributed by atoms with van der Waals surface area (Å²) in [6.07, 6.45) is 10.2. The highest BCUT2D eigenvalue weighted by Gasteiger charge is 2.79. The number of ketones is 1. The molecule has 0 bridgehead atoms. The van der Waals surface area contributed by atoms with E-state index in [1.165, 1.54) is 5.57 Å². The van der Waals surface area contributed by atoms with Crippen LogP contribution in [-0.2, 0) is 19.0 Å². The highest BCUT2D eigenvalue weighted by atomic mass is 16.7. The first kappa shape index (κ1) is 17.2. The molecule has 0 aromatic carbocycles. The van der Waals surface area contributed by atoms with Crippen LogP contribution >= 0.6 is 0 Å². The van der Waals surface area contributed by atoms with E-state index in [9.17, 15) is 4.79 Å². The van der Waals surface area contributed by atoms with Crippen molar-refractivity contribution in [2.75, 3.05) is 13.2 Å². The Bertz CT molecular complexity index is 743. The van der Waals surface area contributed by atoms with Gasteiger partial charge in [-0.2, -0.15) is 0 Å². The number of epoxide rings is 1. The van der Waals surface area contributed by atoms with Gasteiger partial charge < -0.3 is 14.2 Å². The molecule has 0 aromatic rings. The second-order valence-corrected chi connectivity index (χ2v) is 11.2. The monoisotopic (exact) mass is 372 g/mol. The molecule has 5 atom stereocenters. The minimum atomic E-state index is -0.435. The second-order valence-electron chi connectivity index (χ2n) is 11.2. The summed E-state index contributed by atoms with van der Waals surface area (Å²) in [7, 11) is 0. The van der Waals surface area contributed by atoms with Crippen LogP contribution in [0.4, 0.5) is 0 Å². The molecule has 4 aliphatic carbocycles. The highest BCUT2D eigenvalue weighted by molar-refractivity contribution is 5.87. The lowest BCUT2D eigenvalue weighted by molar-refractivity contribution is -0.313. The third kappa shape index (κ3) is 2.03. The van der Waals surface area contributed by atoms with Crippen molar-refractivity contribution >= 4 is 5.78 Å². The Labute approximate surface area is 162 Å². The van der Waals surface area contributed by atoms with Gasteiger partial charge >= 0.3 is 0 Å². The fraction of sp³-hybridized carbons (Fsp3) is 0.870. The summed E-state index contributed by atoms with van der Waals surface area (Å²) >= 11 is 0. The van der Waals surface area contributed by atoms with Crippen LogP contribution in [0.5, 0.6) is 0 Å². The Kier molecular flexibility index (Phi) is 3.10. The topological polar surface area (TPSA) is 48.1 Å². The highest BCUT2D eigenvalue weighted by Crippen LogP contribution is 2.73. The molecule has 3 saturated carbocycles. The fourth-order valence-corrected chi connectivity index (χ4v) is 7.35. The lowest BCUT2D eigenvalue weighted by Gasteiger charge is -2.51. The van der Waals surface area contributed by atoms with Gasteiger partial charge in [0.05, 0.1) is 13.2 Å². The minimum absolute atomic E-state index is 0.0756. The molecule has 148 valence electrons. The molecule has 0 amide bonds. The molecule has 5 fully saturated rings. The molecule has 0 unspecified atom stereocenters. The van der Waals surface area contributed by atoms with E-state index >= 15 is 0 Å². The van der Waals surface area contributed by atoms with Crippen molar-refractivity contribution < 1.29 is 19.0 Å². The predicted octanol–water partition coefficient (Wildman–Crippen LogP) is 4.17. The van der Waals surface area contributed by atoms with Gasteiger partial charge in [-0.25, -0.2) is 0 Å². The number of hydrogen-bond acceptors (Lipinski definition) is 4. The van der Waals surface area contributed by atoms with Crippen molar-refractivity contribution in [1.29, 1.82) is 0 Å². The summed E-state index contributed by atoms with van der Waals surface area (Å²) in [5.74, 6) is 1.13. The molecule has 2 aliphatic heterocycles. The smallest absolute Gasteiger partial charge is 0.171 e. The molecule has 6 aliphatic rings. The van der Waals surface area contributed by atoms with Gasteiger partial charge in [-0.05, 0) is 49.5 Å². The van der Waals surface area contributed by atoms with Gasteiger partial charge in [0.2, 0.25) is 0 Å². The van der Waals surface area contributed by atoms with Gasteiger partial charge in [-0.15, -0.1) is 0 Å². The van der Waals surface area contributed by atoms with E-state index in [0.29, 0.717) is 17.6 Å². The van der Waals surface area contributed by atoms with Crippen molar-refractivity contribution in [3.63, 3.8) is 0 Å². The lowest BCUT2D eigenvalue weighted by atomic mass is 9.54. The van der Waals surface area contributed by atoms with E-state index in [2.05, 4.69) is 26.8 Å². The third-order valence-electron chi connectivity index (χ3n) is 9.02. The summed E-state index contributed by atoms with van der Waals surface area (Å²) < 4.78 is 19.3. The maximum absolute atomic E-state index is 12.5. The maximum Gasteiger partial charge on any atom is 0.171 e. The Hall–Kier alpha value is -0.710. The summed E-state index contributed by atoms with van der Waals surface area (Å²) in [5.41, 5.74) is 1.37. The zero-order valence-corrected chi connectivity index (χ0v) is 16.9. The average Bonchev–Trinajstić information content (AvgIpc) is 3.23. The van der Waals surface area contributed by atoms with E-state index in [1.54, 1.807) is 0 Å². The molecular weight excluding hydrogens is 340 g/mol. The van der Waals surface area contributed by atoms with Crippen LogP contribution in [0.15, 0.2) is 11.6 Å². The summed E-state index contributed by atoms with van der Waals surface area (Å²) in [5, 5.41) is 0. The van der Waals surface area contributed by atoms with Crippen LogP contribution < -0.4 is 0 Å². The van der Waals surface area contributed by atoms with Crippen molar-refractivity contribution in [3.8, 4) is 0 Å². The van der Waals surface area contributed by atoms with Crippen molar-refractivity contribution in [3.05, 3.63) is 11.6 Å². The zero-order valence-electron chi connectivity index (χ0n) is 16.9. The number of allylic oxidation sites excluding steroid dienone is 1. The van der Waals surface area contributed by atoms with Crippen LogP contribution in [-0.4, -0.2) is 36.0 Å². The first-order chi connectivity index (χ1) is 12.7. The van der Waals surface area contributed by atoms with Gasteiger partial charge in [0, 0.05) is 30.1 Å². The largest absolute Gasteiger partial charge is 0.358 e. The molecule has 4 heteroatoms. The Morgan fingerprint density at radius 1 is 1.04 bits per heavy atom. The van der Waals surface area contributed by atoms with E-state index in [-0.39, 0.29) is 22.0 Å². The Balaban J connectivity index is 1.29. The van der Waals surface area contributed by atoms with Crippen LogP contribution in [0.3, 0.4) is 0 Å². The maximum atomic E-state index is 12.5. The summed E-state index contributed by atoms with van der Waals surface area (Å²) in [6.45, 7) is 8.16. The number of ether oxygens (including phenoxy) is 3. The number of Topliss-reactive ketones (excluding diaryl/α,β-unsaturated/α-hetero) is 1. The van der Waals surface area contributed by atoms with Crippen molar-refractivity contribution in [2.24, 2.45) is 22.7 Å². The fourth-order valence-electron chi connectivity index (χ4n) is 7.35. The van der Waals surface area contributed by atoms with Gasteiger partial charge in [-0.3, -0.25) is 4.79 Å². The van der Waals surface area contributed by atoms with Gasteiger partial charge in [0.1, 0.15) is 17.0 Å². The van der Waals surface area contributed by atoms with E-state index in [4.69, 9.17) is 14.2 Å². The SMILES string of the molecule is CC1(C)COC2(CC[C@]34O[C@]3(CC[C@@H]3C4=CC[C@@]4(C)C(=O)CC[C@@H]34)C2)OC1. The number of carbonyl (C=O) groups is 1. The molecule has 4 nitrogen and oxygen atoms in total. The third-order valence-corrected chi connectivity index (χ3v) is 9.02. The first-order valence-corrected chi connectivity index (χ1v) is 11.0.